The van der Waals surface area contributed by atoms with Crippen molar-refractivity contribution in [1.82, 2.24) is 3.97 Å². The number of carbonyl (C=O) groups is 1. The molecule has 0 aliphatic rings. The van der Waals surface area contributed by atoms with Crippen molar-refractivity contribution in [3.63, 3.8) is 0 Å². The molecule has 0 saturated heterocycles. The topological polar surface area (TPSA) is 111 Å². The van der Waals surface area contributed by atoms with Crippen molar-refractivity contribution in [2.45, 2.75) is 23.1 Å². The fraction of sp³-hybridized carbons (Fsp3) is 0.188. The molecule has 2 heterocycles. The molecule has 1 N–H and O–H groups in total. The zero-order valence-corrected chi connectivity index (χ0v) is 16.3. The predicted octanol–water partition coefficient (Wildman–Crippen LogP) is 2.28. The van der Waals surface area contributed by atoms with Gasteiger partial charge in [0.05, 0.1) is 16.2 Å². The van der Waals surface area contributed by atoms with E-state index in [1.54, 1.807) is 18.4 Å². The molecule has 0 fully saturated rings. The molecule has 7 nitrogen and oxygen atoms in total. The van der Waals surface area contributed by atoms with Crippen LogP contribution in [0.2, 0.25) is 0 Å². The van der Waals surface area contributed by atoms with Gasteiger partial charge in [-0.15, -0.1) is 11.3 Å². The molecule has 0 amide bonds. The summed E-state index contributed by atoms with van der Waals surface area (Å²) in [6, 6.07) is 6.66. The molecule has 0 spiro atoms. The third kappa shape index (κ3) is 3.04. The summed E-state index contributed by atoms with van der Waals surface area (Å²) >= 11 is 1.20. The summed E-state index contributed by atoms with van der Waals surface area (Å²) in [5.74, 6) is -1.05. The molecule has 0 aliphatic heterocycles. The second kappa shape index (κ2) is 6.22. The van der Waals surface area contributed by atoms with E-state index < -0.39 is 25.8 Å². The lowest BCUT2D eigenvalue weighted by Gasteiger charge is -2.10. The van der Waals surface area contributed by atoms with Crippen molar-refractivity contribution in [2.24, 2.45) is 0 Å². The second-order valence-corrected chi connectivity index (χ2v) is 10.5. The van der Waals surface area contributed by atoms with Crippen LogP contribution < -0.4 is 0 Å². The van der Waals surface area contributed by atoms with Crippen LogP contribution in [-0.4, -0.2) is 38.1 Å². The van der Waals surface area contributed by atoms with E-state index in [4.69, 9.17) is 5.11 Å². The van der Waals surface area contributed by atoms with Gasteiger partial charge in [-0.1, -0.05) is 0 Å². The highest BCUT2D eigenvalue weighted by atomic mass is 32.2. The van der Waals surface area contributed by atoms with Crippen LogP contribution in [0.5, 0.6) is 0 Å². The summed E-state index contributed by atoms with van der Waals surface area (Å²) in [6.45, 7) is 1.56. The molecule has 3 rings (SSSR count). The van der Waals surface area contributed by atoms with Gasteiger partial charge in [-0.25, -0.2) is 20.8 Å². The lowest BCUT2D eigenvalue weighted by molar-refractivity contribution is -0.136. The minimum absolute atomic E-state index is 0.0218. The van der Waals surface area contributed by atoms with Crippen LogP contribution >= 0.6 is 11.3 Å². The molecule has 0 saturated carbocycles. The predicted molar refractivity (Wildman–Crippen MR) is 98.0 cm³/mol. The molecule has 10 heteroatoms. The van der Waals surface area contributed by atoms with E-state index in [1.165, 1.54) is 35.6 Å². The average Bonchev–Trinajstić information content (AvgIpc) is 3.09. The molecule has 3 aromatic rings. The summed E-state index contributed by atoms with van der Waals surface area (Å²) in [5, 5.41) is 11.4. The van der Waals surface area contributed by atoms with Crippen LogP contribution in [0.4, 0.5) is 0 Å². The summed E-state index contributed by atoms with van der Waals surface area (Å²) < 4.78 is 50.4. The van der Waals surface area contributed by atoms with Crippen molar-refractivity contribution in [1.29, 1.82) is 0 Å². The van der Waals surface area contributed by atoms with E-state index >= 15 is 0 Å². The fourth-order valence-electron chi connectivity index (χ4n) is 2.79. The van der Waals surface area contributed by atoms with Gasteiger partial charge in [0.2, 0.25) is 0 Å². The normalized spacial score (nSPS) is 12.5. The highest BCUT2D eigenvalue weighted by molar-refractivity contribution is 7.91. The largest absolute Gasteiger partial charge is 0.481 e. The summed E-state index contributed by atoms with van der Waals surface area (Å²) in [4.78, 5) is 11.5. The molecular weight excluding hydrogens is 398 g/mol. The van der Waals surface area contributed by atoms with Gasteiger partial charge >= 0.3 is 5.97 Å². The van der Waals surface area contributed by atoms with E-state index in [9.17, 15) is 21.6 Å². The maximum absolute atomic E-state index is 13.1. The number of carboxylic acids is 1. The van der Waals surface area contributed by atoms with Crippen molar-refractivity contribution in [3.05, 3.63) is 47.0 Å². The number of nitrogens with zero attached hydrogens (tertiary/aromatic N) is 1. The maximum Gasteiger partial charge on any atom is 0.307 e. The molecule has 0 radical (unpaired) electrons. The SMILES string of the molecule is Cc1c(CC(=O)O)c2ccsc2n1S(=O)(=O)c1ccc(S(C)(=O)=O)cc1. The van der Waals surface area contributed by atoms with Crippen LogP contribution in [0, 0.1) is 6.92 Å². The molecule has 0 unspecified atom stereocenters. The first-order valence-corrected chi connectivity index (χ1v) is 11.6. The number of hydrogen-bond donors (Lipinski definition) is 1. The number of rotatable bonds is 5. The Labute approximate surface area is 154 Å². The van der Waals surface area contributed by atoms with Gasteiger partial charge in [-0.2, -0.15) is 0 Å². The monoisotopic (exact) mass is 413 g/mol. The molecular formula is C16H15NO6S3. The number of carboxylic acid groups (broad SMARTS) is 1. The van der Waals surface area contributed by atoms with Gasteiger partial charge in [0, 0.05) is 17.3 Å². The fourth-order valence-corrected chi connectivity index (χ4v) is 6.20. The van der Waals surface area contributed by atoms with Crippen molar-refractivity contribution in [3.8, 4) is 0 Å². The zero-order chi connectivity index (χ0) is 19.3. The Balaban J connectivity index is 2.21. The highest BCUT2D eigenvalue weighted by Crippen LogP contribution is 2.34. The first-order valence-electron chi connectivity index (χ1n) is 7.38. The molecule has 2 aromatic heterocycles. The lowest BCUT2D eigenvalue weighted by Crippen LogP contribution is -2.15. The summed E-state index contributed by atoms with van der Waals surface area (Å²) in [5.41, 5.74) is 0.784. The molecule has 0 atom stereocenters. The molecule has 138 valence electrons. The van der Waals surface area contributed by atoms with E-state index in [0.717, 1.165) is 10.2 Å². The van der Waals surface area contributed by atoms with Crippen LogP contribution in [-0.2, 0) is 31.1 Å². The quantitative estimate of drug-likeness (QED) is 0.687. The van der Waals surface area contributed by atoms with Crippen LogP contribution in [0.3, 0.4) is 0 Å². The number of fused-ring (bicyclic) bond motifs is 1. The van der Waals surface area contributed by atoms with Gasteiger partial charge in [0.1, 0.15) is 4.83 Å². The Bertz CT molecular complexity index is 1210. The number of benzene rings is 1. The third-order valence-electron chi connectivity index (χ3n) is 4.01. The van der Waals surface area contributed by atoms with Gasteiger partial charge in [-0.3, -0.25) is 4.79 Å². The van der Waals surface area contributed by atoms with E-state index in [-0.39, 0.29) is 16.2 Å². The number of hydrogen-bond acceptors (Lipinski definition) is 6. The second-order valence-electron chi connectivity index (χ2n) is 5.79. The van der Waals surface area contributed by atoms with Crippen molar-refractivity contribution >= 4 is 47.4 Å². The molecule has 26 heavy (non-hydrogen) atoms. The third-order valence-corrected chi connectivity index (χ3v) is 7.96. The van der Waals surface area contributed by atoms with E-state index in [0.29, 0.717) is 21.5 Å². The number of aliphatic carboxylic acids is 1. The molecule has 1 aromatic carbocycles. The maximum atomic E-state index is 13.1. The minimum atomic E-state index is -4.00. The number of sulfone groups is 1. The van der Waals surface area contributed by atoms with E-state index in [2.05, 4.69) is 0 Å². The van der Waals surface area contributed by atoms with E-state index in [1.807, 2.05) is 0 Å². The first kappa shape index (κ1) is 18.6. The smallest absolute Gasteiger partial charge is 0.307 e. The van der Waals surface area contributed by atoms with Gasteiger partial charge in [-0.05, 0) is 48.2 Å². The molecule has 0 bridgehead atoms. The number of aromatic nitrogens is 1. The number of thiophene rings is 1. The standard InChI is InChI=1S/C16H15NO6S3/c1-10-14(9-15(18)19)13-7-8-24-16(13)17(10)26(22,23)12-5-3-11(4-6-12)25(2,20)21/h3-8H,9H2,1-2H3,(H,18,19). The van der Waals surface area contributed by atoms with Crippen LogP contribution in [0.25, 0.3) is 10.2 Å². The Hall–Kier alpha value is -2.17. The van der Waals surface area contributed by atoms with Crippen molar-refractivity contribution < 1.29 is 26.7 Å². The Morgan fingerprint density at radius 2 is 1.65 bits per heavy atom. The molecule has 0 aliphatic carbocycles. The highest BCUT2D eigenvalue weighted by Gasteiger charge is 2.26. The Morgan fingerprint density at radius 1 is 1.08 bits per heavy atom. The van der Waals surface area contributed by atoms with Gasteiger partial charge < -0.3 is 5.11 Å². The first-order chi connectivity index (χ1) is 12.0. The lowest BCUT2D eigenvalue weighted by atomic mass is 10.1. The average molecular weight is 413 g/mol. The Morgan fingerprint density at radius 3 is 2.19 bits per heavy atom. The summed E-state index contributed by atoms with van der Waals surface area (Å²) in [6.07, 6.45) is 0.759. The van der Waals surface area contributed by atoms with Gasteiger partial charge in [0.15, 0.2) is 9.84 Å². The summed E-state index contributed by atoms with van der Waals surface area (Å²) in [7, 11) is -7.44. The van der Waals surface area contributed by atoms with Crippen molar-refractivity contribution in [2.75, 3.05) is 6.26 Å². The Kier molecular flexibility index (Phi) is 4.45. The minimum Gasteiger partial charge on any atom is -0.481 e. The van der Waals surface area contributed by atoms with Crippen LogP contribution in [0.1, 0.15) is 11.3 Å². The van der Waals surface area contributed by atoms with Gasteiger partial charge in [0.25, 0.3) is 10.0 Å². The zero-order valence-electron chi connectivity index (χ0n) is 13.8. The van der Waals surface area contributed by atoms with Crippen LogP contribution in [0.15, 0.2) is 45.5 Å².